The highest BCUT2D eigenvalue weighted by Crippen LogP contribution is 2.37. The number of unbranched alkanes of at least 4 members (excludes halogenated alkanes) is 2. The molecule has 310 valence electrons. The summed E-state index contributed by atoms with van der Waals surface area (Å²) < 4.78 is 30.1. The molecule has 0 bridgehead atoms. The minimum absolute atomic E-state index is 0.111. The molecule has 0 saturated heterocycles. The SMILES string of the molecule is CC(C)(C)[Si](C)(C)OCCCCNC(=O)/C=C/c1ccc(OCc2ccc(OCc3ccccc3)cc2)c(C(=[N+]=[N-])C(=O)OCCCCO[Si](C)(C)C(C)(C)C)c1. The van der Waals surface area contributed by atoms with Crippen LogP contribution < -0.4 is 14.8 Å². The van der Waals surface area contributed by atoms with Crippen molar-refractivity contribution < 1.29 is 37.4 Å². The van der Waals surface area contributed by atoms with Gasteiger partial charge in [0.25, 0.3) is 0 Å². The number of nitrogens with one attached hydrogen (secondary N) is 1. The van der Waals surface area contributed by atoms with Gasteiger partial charge in [-0.3, -0.25) is 4.79 Å². The van der Waals surface area contributed by atoms with Crippen LogP contribution in [0.4, 0.5) is 0 Å². The van der Waals surface area contributed by atoms with Crippen LogP contribution >= 0.6 is 0 Å². The van der Waals surface area contributed by atoms with E-state index in [2.05, 4.69) is 77.8 Å². The summed E-state index contributed by atoms with van der Waals surface area (Å²) in [6.45, 7) is 24.7. The van der Waals surface area contributed by atoms with Gasteiger partial charge in [-0.1, -0.05) is 90.1 Å². The van der Waals surface area contributed by atoms with Crippen molar-refractivity contribution in [2.45, 2.75) is 117 Å². The molecule has 0 fully saturated rings. The summed E-state index contributed by atoms with van der Waals surface area (Å²) in [4.78, 5) is 29.3. The van der Waals surface area contributed by atoms with Crippen LogP contribution in [-0.4, -0.2) is 65.4 Å². The first-order valence-electron chi connectivity index (χ1n) is 20.0. The van der Waals surface area contributed by atoms with E-state index in [0.29, 0.717) is 44.1 Å². The van der Waals surface area contributed by atoms with Crippen molar-refractivity contribution in [3.8, 4) is 11.5 Å². The average Bonchev–Trinajstić information content (AvgIpc) is 3.15. The number of amides is 1. The smallest absolute Gasteiger partial charge is 0.422 e. The molecular weight excluding hydrogens is 751 g/mol. The Morgan fingerprint density at radius 1 is 0.719 bits per heavy atom. The minimum Gasteiger partial charge on any atom is -0.489 e. The number of hydrogen-bond donors (Lipinski definition) is 1. The van der Waals surface area contributed by atoms with E-state index in [1.807, 2.05) is 54.6 Å². The van der Waals surface area contributed by atoms with Crippen molar-refractivity contribution >= 4 is 40.3 Å². The van der Waals surface area contributed by atoms with Crippen LogP contribution in [0.15, 0.2) is 78.9 Å². The van der Waals surface area contributed by atoms with E-state index in [-0.39, 0.29) is 40.5 Å². The molecule has 12 heteroatoms. The first-order chi connectivity index (χ1) is 26.8. The van der Waals surface area contributed by atoms with Gasteiger partial charge < -0.3 is 33.9 Å². The molecule has 3 rings (SSSR count). The number of carbonyl (C=O) groups excluding carboxylic acids is 2. The van der Waals surface area contributed by atoms with Crippen LogP contribution in [0, 0.1) is 0 Å². The van der Waals surface area contributed by atoms with E-state index >= 15 is 0 Å². The number of carbonyl (C=O) groups is 2. The van der Waals surface area contributed by atoms with Crippen LogP contribution in [0.5, 0.6) is 11.5 Å². The quantitative estimate of drug-likeness (QED) is 0.0203. The van der Waals surface area contributed by atoms with Crippen molar-refractivity contribution in [2.24, 2.45) is 0 Å². The van der Waals surface area contributed by atoms with E-state index < -0.39 is 22.6 Å². The second-order valence-electron chi connectivity index (χ2n) is 17.3. The summed E-state index contributed by atoms with van der Waals surface area (Å²) >= 11 is 0. The topological polar surface area (TPSA) is 129 Å². The Balaban J connectivity index is 1.65. The average molecular weight is 816 g/mol. The molecule has 0 atom stereocenters. The Morgan fingerprint density at radius 2 is 1.28 bits per heavy atom. The Bertz CT molecular complexity index is 1810. The van der Waals surface area contributed by atoms with Gasteiger partial charge in [0.05, 0.1) is 6.61 Å². The first kappa shape index (κ1) is 47.1. The third-order valence-corrected chi connectivity index (χ3v) is 19.8. The maximum atomic E-state index is 13.3. The number of benzene rings is 3. The lowest BCUT2D eigenvalue weighted by Crippen LogP contribution is -2.41. The molecule has 0 aliphatic rings. The Labute approximate surface area is 343 Å². The molecule has 0 aromatic heterocycles. The fourth-order valence-corrected chi connectivity index (χ4v) is 7.12. The van der Waals surface area contributed by atoms with Gasteiger partial charge in [-0.25, -0.2) is 4.79 Å². The predicted molar refractivity (Wildman–Crippen MR) is 233 cm³/mol. The Kier molecular flexibility index (Phi) is 18.2. The number of hydrogen-bond acceptors (Lipinski definition) is 7. The molecule has 3 aromatic carbocycles. The van der Waals surface area contributed by atoms with Crippen LogP contribution in [0.2, 0.25) is 36.3 Å². The Hall–Kier alpha value is -4.33. The highest BCUT2D eigenvalue weighted by atomic mass is 28.4. The van der Waals surface area contributed by atoms with Gasteiger partial charge in [0.1, 0.15) is 30.3 Å². The van der Waals surface area contributed by atoms with Crippen molar-refractivity contribution in [1.29, 1.82) is 0 Å². The highest BCUT2D eigenvalue weighted by molar-refractivity contribution is 6.74. The van der Waals surface area contributed by atoms with Gasteiger partial charge in [0.15, 0.2) is 16.6 Å². The fourth-order valence-electron chi connectivity index (χ4n) is 4.95. The molecule has 3 aromatic rings. The number of nitrogens with zero attached hydrogens (tertiary/aromatic N) is 2. The van der Waals surface area contributed by atoms with E-state index in [9.17, 15) is 15.1 Å². The molecule has 0 radical (unpaired) electrons. The van der Waals surface area contributed by atoms with E-state index in [4.69, 9.17) is 23.1 Å². The lowest BCUT2D eigenvalue weighted by atomic mass is 10.0. The second kappa shape index (κ2) is 22.0. The summed E-state index contributed by atoms with van der Waals surface area (Å²) in [6.07, 6.45) is 6.05. The molecule has 57 heavy (non-hydrogen) atoms. The van der Waals surface area contributed by atoms with Gasteiger partial charge in [-0.15, -0.1) is 0 Å². The third-order valence-electron chi connectivity index (χ3n) is 10.7. The van der Waals surface area contributed by atoms with Crippen LogP contribution in [-0.2, 0) is 36.4 Å². The molecular formula is C45H65N3O7Si2. The predicted octanol–water partition coefficient (Wildman–Crippen LogP) is 10.1. The normalized spacial score (nSPS) is 12.2. The van der Waals surface area contributed by atoms with Gasteiger partial charge in [-0.2, -0.15) is 4.79 Å². The van der Waals surface area contributed by atoms with Crippen molar-refractivity contribution in [3.63, 3.8) is 0 Å². The van der Waals surface area contributed by atoms with Gasteiger partial charge in [0, 0.05) is 25.8 Å². The zero-order valence-corrected chi connectivity index (χ0v) is 37.9. The molecule has 1 amide bonds. The summed E-state index contributed by atoms with van der Waals surface area (Å²) in [5.74, 6) is 0.00642. The van der Waals surface area contributed by atoms with Crippen LogP contribution in [0.3, 0.4) is 0 Å². The van der Waals surface area contributed by atoms with Crippen molar-refractivity contribution in [1.82, 2.24) is 5.32 Å². The summed E-state index contributed by atoms with van der Waals surface area (Å²) in [7, 11) is -3.66. The molecule has 0 saturated carbocycles. The number of esters is 1. The molecule has 0 aliphatic carbocycles. The minimum atomic E-state index is -1.87. The molecule has 0 unspecified atom stereocenters. The second-order valence-corrected chi connectivity index (χ2v) is 26.9. The van der Waals surface area contributed by atoms with E-state index in [1.54, 1.807) is 24.3 Å². The van der Waals surface area contributed by atoms with Crippen LogP contribution in [0.25, 0.3) is 11.6 Å². The maximum Gasteiger partial charge on any atom is 0.422 e. The zero-order valence-electron chi connectivity index (χ0n) is 35.9. The van der Waals surface area contributed by atoms with Gasteiger partial charge in [0.2, 0.25) is 5.91 Å². The largest absolute Gasteiger partial charge is 0.489 e. The molecule has 0 heterocycles. The molecule has 0 aliphatic heterocycles. The van der Waals surface area contributed by atoms with E-state index in [1.165, 1.54) is 6.08 Å². The van der Waals surface area contributed by atoms with Crippen molar-refractivity contribution in [2.75, 3.05) is 26.4 Å². The monoisotopic (exact) mass is 815 g/mol. The number of ether oxygens (including phenoxy) is 3. The summed E-state index contributed by atoms with van der Waals surface area (Å²) in [5.41, 5.74) is 12.6. The number of rotatable bonds is 22. The van der Waals surface area contributed by atoms with Crippen LogP contribution in [0.1, 0.15) is 89.5 Å². The first-order valence-corrected chi connectivity index (χ1v) is 25.8. The summed E-state index contributed by atoms with van der Waals surface area (Å²) in [5, 5.41) is 3.19. The third kappa shape index (κ3) is 15.9. The molecule has 0 spiro atoms. The van der Waals surface area contributed by atoms with Gasteiger partial charge in [-0.05, 0) is 109 Å². The highest BCUT2D eigenvalue weighted by Gasteiger charge is 2.37. The summed E-state index contributed by atoms with van der Waals surface area (Å²) in [6, 6.07) is 22.6. The zero-order chi connectivity index (χ0) is 42.1. The lowest BCUT2D eigenvalue weighted by molar-refractivity contribution is -0.140. The fraction of sp³-hybridized carbons (Fsp3) is 0.489. The lowest BCUT2D eigenvalue weighted by Gasteiger charge is -2.36. The maximum absolute atomic E-state index is 13.3. The Morgan fingerprint density at radius 3 is 1.88 bits per heavy atom. The van der Waals surface area contributed by atoms with Gasteiger partial charge >= 0.3 is 11.7 Å². The van der Waals surface area contributed by atoms with Crippen molar-refractivity contribution in [3.05, 3.63) is 107 Å². The molecule has 1 N–H and O–H groups in total. The molecule has 10 nitrogen and oxygen atoms in total. The van der Waals surface area contributed by atoms with E-state index in [0.717, 1.165) is 36.1 Å². The standard InChI is InChI=1S/C45H65N3O7Si2/c1-44(2,3)56(7,8)54-30-15-14-28-47-41(49)27-23-35-22-26-40(53-34-37-20-24-38(25-21-37)52-33-36-18-12-11-13-19-36)39(32-35)42(48-46)43(50)51-29-16-17-31-55-57(9,10)45(4,5)6/h11-13,18-27,32H,14-17,28-31,33-34H2,1-10H3,(H,47,49)/b27-23+.